The van der Waals surface area contributed by atoms with Crippen LogP contribution in [0.1, 0.15) is 23.0 Å². The van der Waals surface area contributed by atoms with Crippen LogP contribution >= 0.6 is 11.3 Å². The van der Waals surface area contributed by atoms with Crippen LogP contribution in [0.15, 0.2) is 29.1 Å². The van der Waals surface area contributed by atoms with Gasteiger partial charge in [-0.25, -0.2) is 0 Å². The highest BCUT2D eigenvalue weighted by atomic mass is 32.1. The van der Waals surface area contributed by atoms with Crippen LogP contribution in [0.2, 0.25) is 0 Å². The Balaban J connectivity index is 2.04. The fourth-order valence-electron chi connectivity index (χ4n) is 1.65. The second-order valence-electron chi connectivity index (χ2n) is 3.76. The van der Waals surface area contributed by atoms with Crippen LogP contribution < -0.4 is 11.1 Å². The van der Waals surface area contributed by atoms with Crippen molar-refractivity contribution in [3.8, 4) is 0 Å². The van der Waals surface area contributed by atoms with Crippen molar-refractivity contribution in [2.45, 2.75) is 20.0 Å². The molecule has 0 aliphatic carbocycles. The molecule has 2 heterocycles. The Labute approximate surface area is 104 Å². The summed E-state index contributed by atoms with van der Waals surface area (Å²) >= 11 is 1.62. The summed E-state index contributed by atoms with van der Waals surface area (Å²) < 4.78 is 1.85. The van der Waals surface area contributed by atoms with E-state index in [1.54, 1.807) is 23.6 Å². The SMILES string of the molecule is CCn1cc(N)cc1C(=O)NCc1ccsc1. The first-order valence-corrected chi connectivity index (χ1v) is 6.40. The van der Waals surface area contributed by atoms with E-state index < -0.39 is 0 Å². The number of carbonyl (C=O) groups is 1. The van der Waals surface area contributed by atoms with Crippen molar-refractivity contribution < 1.29 is 4.79 Å². The second-order valence-corrected chi connectivity index (χ2v) is 4.54. The van der Waals surface area contributed by atoms with Gasteiger partial charge in [0, 0.05) is 19.3 Å². The van der Waals surface area contributed by atoms with E-state index in [1.807, 2.05) is 28.3 Å². The molecule has 0 bridgehead atoms. The summed E-state index contributed by atoms with van der Waals surface area (Å²) in [5.41, 5.74) is 8.03. The number of rotatable bonds is 4. The van der Waals surface area contributed by atoms with Gasteiger partial charge in [0.05, 0.1) is 5.69 Å². The second kappa shape index (κ2) is 5.05. The number of thiophene rings is 1. The van der Waals surface area contributed by atoms with Crippen molar-refractivity contribution in [2.75, 3.05) is 5.73 Å². The Kier molecular flexibility index (Phi) is 3.49. The summed E-state index contributed by atoms with van der Waals surface area (Å²) in [4.78, 5) is 11.9. The van der Waals surface area contributed by atoms with Gasteiger partial charge in [0.15, 0.2) is 0 Å². The molecule has 0 aromatic carbocycles. The molecule has 2 rings (SSSR count). The van der Waals surface area contributed by atoms with Gasteiger partial charge in [-0.3, -0.25) is 4.79 Å². The summed E-state index contributed by atoms with van der Waals surface area (Å²) in [5.74, 6) is -0.0882. The Hall–Kier alpha value is -1.75. The molecule has 0 atom stereocenters. The number of carbonyl (C=O) groups excluding carboxylic acids is 1. The van der Waals surface area contributed by atoms with E-state index in [9.17, 15) is 4.79 Å². The molecule has 0 aliphatic heterocycles. The molecule has 17 heavy (non-hydrogen) atoms. The van der Waals surface area contributed by atoms with Gasteiger partial charge in [0.2, 0.25) is 0 Å². The zero-order valence-corrected chi connectivity index (χ0v) is 10.5. The Morgan fingerprint density at radius 2 is 2.41 bits per heavy atom. The highest BCUT2D eigenvalue weighted by Gasteiger charge is 2.11. The van der Waals surface area contributed by atoms with Crippen molar-refractivity contribution >= 4 is 22.9 Å². The van der Waals surface area contributed by atoms with E-state index in [1.165, 1.54) is 0 Å². The Morgan fingerprint density at radius 3 is 3.06 bits per heavy atom. The topological polar surface area (TPSA) is 60.0 Å². The van der Waals surface area contributed by atoms with E-state index in [0.29, 0.717) is 17.9 Å². The highest BCUT2D eigenvalue weighted by Crippen LogP contribution is 2.11. The lowest BCUT2D eigenvalue weighted by Crippen LogP contribution is -2.25. The lowest BCUT2D eigenvalue weighted by Gasteiger charge is -2.06. The number of anilines is 1. The molecule has 4 nitrogen and oxygen atoms in total. The molecule has 0 saturated carbocycles. The minimum Gasteiger partial charge on any atom is -0.397 e. The molecule has 0 unspecified atom stereocenters. The molecule has 1 amide bonds. The molecule has 0 aliphatic rings. The van der Waals surface area contributed by atoms with Gasteiger partial charge in [0.1, 0.15) is 5.69 Å². The van der Waals surface area contributed by atoms with Gasteiger partial charge in [-0.05, 0) is 35.4 Å². The number of amides is 1. The average Bonchev–Trinajstić information content (AvgIpc) is 2.94. The predicted octanol–water partition coefficient (Wildman–Crippen LogP) is 2.08. The molecule has 0 radical (unpaired) electrons. The van der Waals surface area contributed by atoms with Crippen molar-refractivity contribution in [3.63, 3.8) is 0 Å². The first-order valence-electron chi connectivity index (χ1n) is 5.45. The van der Waals surface area contributed by atoms with E-state index >= 15 is 0 Å². The van der Waals surface area contributed by atoms with Crippen molar-refractivity contribution in [1.29, 1.82) is 0 Å². The number of nitrogens with one attached hydrogen (secondary N) is 1. The third-order valence-electron chi connectivity index (χ3n) is 2.52. The summed E-state index contributed by atoms with van der Waals surface area (Å²) in [6, 6.07) is 3.70. The number of aromatic nitrogens is 1. The maximum Gasteiger partial charge on any atom is 0.268 e. The zero-order valence-electron chi connectivity index (χ0n) is 9.64. The normalized spacial score (nSPS) is 10.4. The van der Waals surface area contributed by atoms with Gasteiger partial charge in [-0.2, -0.15) is 11.3 Å². The Morgan fingerprint density at radius 1 is 1.59 bits per heavy atom. The summed E-state index contributed by atoms with van der Waals surface area (Å²) in [6.45, 7) is 3.27. The maximum atomic E-state index is 11.9. The van der Waals surface area contributed by atoms with E-state index in [0.717, 1.165) is 12.1 Å². The summed E-state index contributed by atoms with van der Waals surface area (Å²) in [5, 5.41) is 6.90. The maximum absolute atomic E-state index is 11.9. The quantitative estimate of drug-likeness (QED) is 0.871. The fraction of sp³-hybridized carbons (Fsp3) is 0.250. The number of nitrogens with two attached hydrogens (primary N) is 1. The van der Waals surface area contributed by atoms with Gasteiger partial charge in [0.25, 0.3) is 5.91 Å². The van der Waals surface area contributed by atoms with Gasteiger partial charge in [-0.1, -0.05) is 0 Å². The molecule has 5 heteroatoms. The predicted molar refractivity (Wildman–Crippen MR) is 70.0 cm³/mol. The first-order chi connectivity index (χ1) is 8.20. The largest absolute Gasteiger partial charge is 0.397 e. The number of nitrogens with zero attached hydrogens (tertiary/aromatic N) is 1. The summed E-state index contributed by atoms with van der Waals surface area (Å²) in [6.07, 6.45) is 1.78. The monoisotopic (exact) mass is 249 g/mol. The van der Waals surface area contributed by atoms with Crippen LogP contribution in [0.3, 0.4) is 0 Å². The van der Waals surface area contributed by atoms with Gasteiger partial charge >= 0.3 is 0 Å². The molecule has 2 aromatic heterocycles. The third kappa shape index (κ3) is 2.68. The number of aryl methyl sites for hydroxylation is 1. The minimum atomic E-state index is -0.0882. The fourth-order valence-corrected chi connectivity index (χ4v) is 2.32. The smallest absolute Gasteiger partial charge is 0.268 e. The van der Waals surface area contributed by atoms with Crippen LogP contribution in [0, 0.1) is 0 Å². The number of hydrogen-bond acceptors (Lipinski definition) is 3. The number of hydrogen-bond donors (Lipinski definition) is 2. The first kappa shape index (κ1) is 11.7. The Bertz CT molecular complexity index is 502. The van der Waals surface area contributed by atoms with E-state index in [-0.39, 0.29) is 5.91 Å². The summed E-state index contributed by atoms with van der Waals surface area (Å²) in [7, 11) is 0. The molecule has 3 N–H and O–H groups in total. The highest BCUT2D eigenvalue weighted by molar-refractivity contribution is 7.07. The van der Waals surface area contributed by atoms with Crippen LogP contribution in [-0.2, 0) is 13.1 Å². The molecular formula is C12H15N3OS. The van der Waals surface area contributed by atoms with Gasteiger partial charge in [-0.15, -0.1) is 0 Å². The average molecular weight is 249 g/mol. The van der Waals surface area contributed by atoms with Gasteiger partial charge < -0.3 is 15.6 Å². The zero-order chi connectivity index (χ0) is 12.3. The van der Waals surface area contributed by atoms with Crippen LogP contribution in [-0.4, -0.2) is 10.5 Å². The minimum absolute atomic E-state index is 0.0882. The van der Waals surface area contributed by atoms with E-state index in [2.05, 4.69) is 5.32 Å². The van der Waals surface area contributed by atoms with Crippen LogP contribution in [0.5, 0.6) is 0 Å². The molecule has 2 aromatic rings. The molecular weight excluding hydrogens is 234 g/mol. The molecule has 0 saturated heterocycles. The van der Waals surface area contributed by atoms with Crippen LogP contribution in [0.4, 0.5) is 5.69 Å². The van der Waals surface area contributed by atoms with Crippen LogP contribution in [0.25, 0.3) is 0 Å². The standard InChI is InChI=1S/C12H15N3OS/c1-2-15-7-10(13)5-11(15)12(16)14-6-9-3-4-17-8-9/h3-5,7-8H,2,6,13H2,1H3,(H,14,16). The van der Waals surface area contributed by atoms with E-state index in [4.69, 9.17) is 5.73 Å². The number of nitrogen functional groups attached to an aromatic ring is 1. The molecule has 0 spiro atoms. The third-order valence-corrected chi connectivity index (χ3v) is 3.26. The lowest BCUT2D eigenvalue weighted by molar-refractivity contribution is 0.0942. The van der Waals surface area contributed by atoms with Crippen molar-refractivity contribution in [1.82, 2.24) is 9.88 Å². The van der Waals surface area contributed by atoms with Crippen molar-refractivity contribution in [2.24, 2.45) is 0 Å². The molecule has 90 valence electrons. The lowest BCUT2D eigenvalue weighted by atomic mass is 10.3. The molecule has 0 fully saturated rings. The van der Waals surface area contributed by atoms with Crippen molar-refractivity contribution in [3.05, 3.63) is 40.3 Å².